The first-order valence-corrected chi connectivity index (χ1v) is 6.46. The van der Waals surface area contributed by atoms with Crippen LogP contribution >= 0.6 is 23.2 Å². The fourth-order valence-electron chi connectivity index (χ4n) is 1.50. The van der Waals surface area contributed by atoms with Crippen molar-refractivity contribution in [3.05, 3.63) is 33.8 Å². The molecule has 0 saturated heterocycles. The van der Waals surface area contributed by atoms with Crippen molar-refractivity contribution in [1.29, 1.82) is 0 Å². The highest BCUT2D eigenvalue weighted by atomic mass is 35.5. The number of hydrogen-bond acceptors (Lipinski definition) is 1. The van der Waals surface area contributed by atoms with Crippen LogP contribution in [0.2, 0.25) is 10.0 Å². The highest BCUT2D eigenvalue weighted by Crippen LogP contribution is 2.25. The molecule has 0 aliphatic rings. The van der Waals surface area contributed by atoms with Crippen molar-refractivity contribution in [3.8, 4) is 0 Å². The Hall–Kier alpha value is -0.240. The average molecular weight is 260 g/mol. The molecule has 0 unspecified atom stereocenters. The molecule has 0 radical (unpaired) electrons. The average Bonchev–Trinajstić information content (AvgIpc) is 2.28. The molecule has 1 rings (SSSR count). The van der Waals surface area contributed by atoms with Gasteiger partial charge in [-0.05, 0) is 31.9 Å². The molecule has 90 valence electrons. The van der Waals surface area contributed by atoms with Crippen LogP contribution in [0.1, 0.15) is 39.2 Å². The van der Waals surface area contributed by atoms with Crippen molar-refractivity contribution in [2.75, 3.05) is 0 Å². The van der Waals surface area contributed by atoms with Crippen molar-refractivity contribution in [1.82, 2.24) is 5.32 Å². The van der Waals surface area contributed by atoms with Crippen LogP contribution in [-0.4, -0.2) is 5.54 Å². The van der Waals surface area contributed by atoms with E-state index < -0.39 is 0 Å². The van der Waals surface area contributed by atoms with Gasteiger partial charge in [-0.25, -0.2) is 0 Å². The molecule has 0 bridgehead atoms. The van der Waals surface area contributed by atoms with Gasteiger partial charge in [0.1, 0.15) is 0 Å². The monoisotopic (exact) mass is 259 g/mol. The Morgan fingerprint density at radius 2 is 1.62 bits per heavy atom. The summed E-state index contributed by atoms with van der Waals surface area (Å²) in [4.78, 5) is 0. The molecule has 1 nitrogen and oxygen atoms in total. The fourth-order valence-corrected chi connectivity index (χ4v) is 2.03. The zero-order chi connectivity index (χ0) is 12.2. The van der Waals surface area contributed by atoms with Crippen LogP contribution in [0.15, 0.2) is 18.2 Å². The summed E-state index contributed by atoms with van der Waals surface area (Å²) in [5, 5.41) is 4.99. The zero-order valence-electron chi connectivity index (χ0n) is 10.1. The lowest BCUT2D eigenvalue weighted by atomic mass is 9.95. The van der Waals surface area contributed by atoms with Gasteiger partial charge in [0.2, 0.25) is 0 Å². The van der Waals surface area contributed by atoms with Gasteiger partial charge in [-0.2, -0.15) is 0 Å². The third-order valence-corrected chi connectivity index (χ3v) is 4.02. The van der Waals surface area contributed by atoms with Gasteiger partial charge in [0.15, 0.2) is 0 Å². The summed E-state index contributed by atoms with van der Waals surface area (Å²) < 4.78 is 0. The maximum absolute atomic E-state index is 6.12. The van der Waals surface area contributed by atoms with Crippen LogP contribution in [0.25, 0.3) is 0 Å². The third kappa shape index (κ3) is 3.38. The minimum absolute atomic E-state index is 0.155. The lowest BCUT2D eigenvalue weighted by molar-refractivity contribution is 0.329. The molecule has 0 aromatic heterocycles. The number of rotatable bonds is 5. The molecule has 0 spiro atoms. The first kappa shape index (κ1) is 13.8. The maximum Gasteiger partial charge on any atom is 0.0465 e. The maximum atomic E-state index is 6.12. The predicted octanol–water partition coefficient (Wildman–Crippen LogP) is 4.66. The molecule has 0 aliphatic carbocycles. The van der Waals surface area contributed by atoms with E-state index >= 15 is 0 Å². The summed E-state index contributed by atoms with van der Waals surface area (Å²) in [6.45, 7) is 7.31. The van der Waals surface area contributed by atoms with Crippen LogP contribution in [0.3, 0.4) is 0 Å². The molecule has 1 aromatic rings. The Kier molecular flexibility index (Phi) is 5.10. The van der Waals surface area contributed by atoms with Crippen LogP contribution in [0, 0.1) is 0 Å². The summed E-state index contributed by atoms with van der Waals surface area (Å²) in [5.41, 5.74) is 1.14. The summed E-state index contributed by atoms with van der Waals surface area (Å²) in [5.74, 6) is 0. The predicted molar refractivity (Wildman–Crippen MR) is 72.3 cm³/mol. The van der Waals surface area contributed by atoms with E-state index in [0.717, 1.165) is 35.0 Å². The SMILES string of the molecule is CCC(C)(CC)NCc1c(Cl)cccc1Cl. The molecular weight excluding hydrogens is 241 g/mol. The molecular formula is C13H19Cl2N. The van der Waals surface area contributed by atoms with Gasteiger partial charge in [-0.1, -0.05) is 43.1 Å². The second kappa shape index (κ2) is 5.90. The van der Waals surface area contributed by atoms with E-state index in [1.165, 1.54) is 0 Å². The summed E-state index contributed by atoms with van der Waals surface area (Å²) in [6.07, 6.45) is 2.18. The number of nitrogens with one attached hydrogen (secondary N) is 1. The molecule has 0 heterocycles. The van der Waals surface area contributed by atoms with Crippen molar-refractivity contribution in [2.24, 2.45) is 0 Å². The van der Waals surface area contributed by atoms with E-state index in [9.17, 15) is 0 Å². The van der Waals surface area contributed by atoms with Crippen LogP contribution in [-0.2, 0) is 6.54 Å². The molecule has 0 fully saturated rings. The van der Waals surface area contributed by atoms with Gasteiger partial charge in [-0.15, -0.1) is 0 Å². The molecule has 0 saturated carbocycles. The first-order valence-electron chi connectivity index (χ1n) is 5.70. The van der Waals surface area contributed by atoms with Gasteiger partial charge >= 0.3 is 0 Å². The summed E-state index contributed by atoms with van der Waals surface area (Å²) in [6, 6.07) is 5.62. The largest absolute Gasteiger partial charge is 0.307 e. The van der Waals surface area contributed by atoms with Crippen molar-refractivity contribution >= 4 is 23.2 Å². The summed E-state index contributed by atoms with van der Waals surface area (Å²) >= 11 is 12.2. The Morgan fingerprint density at radius 1 is 1.12 bits per heavy atom. The van der Waals surface area contributed by atoms with E-state index in [1.807, 2.05) is 18.2 Å². The summed E-state index contributed by atoms with van der Waals surface area (Å²) in [7, 11) is 0. The molecule has 16 heavy (non-hydrogen) atoms. The van der Waals surface area contributed by atoms with Gasteiger partial charge in [0.25, 0.3) is 0 Å². The standard InChI is InChI=1S/C13H19Cl2N/c1-4-13(3,5-2)16-9-10-11(14)7-6-8-12(10)15/h6-8,16H,4-5,9H2,1-3H3. The zero-order valence-corrected chi connectivity index (χ0v) is 11.6. The second-order valence-corrected chi connectivity index (χ2v) is 5.14. The van der Waals surface area contributed by atoms with Gasteiger partial charge in [0.05, 0.1) is 0 Å². The van der Waals surface area contributed by atoms with Crippen LogP contribution < -0.4 is 5.32 Å². The molecule has 0 aliphatic heterocycles. The molecule has 1 aromatic carbocycles. The number of benzene rings is 1. The number of halogens is 2. The lowest BCUT2D eigenvalue weighted by Crippen LogP contribution is -2.40. The van der Waals surface area contributed by atoms with Crippen molar-refractivity contribution in [2.45, 2.75) is 45.7 Å². The Labute approximate surface area is 108 Å². The van der Waals surface area contributed by atoms with E-state index in [1.54, 1.807) is 0 Å². The van der Waals surface area contributed by atoms with Crippen LogP contribution in [0.5, 0.6) is 0 Å². The quantitative estimate of drug-likeness (QED) is 0.811. The molecule has 3 heteroatoms. The normalized spacial score (nSPS) is 11.8. The van der Waals surface area contributed by atoms with E-state index in [2.05, 4.69) is 26.1 Å². The van der Waals surface area contributed by atoms with Gasteiger partial charge < -0.3 is 5.32 Å². The van der Waals surface area contributed by atoms with E-state index in [4.69, 9.17) is 23.2 Å². The highest BCUT2D eigenvalue weighted by molar-refractivity contribution is 6.35. The topological polar surface area (TPSA) is 12.0 Å². The minimum Gasteiger partial charge on any atom is -0.307 e. The first-order chi connectivity index (χ1) is 7.52. The smallest absolute Gasteiger partial charge is 0.0465 e. The Morgan fingerprint density at radius 3 is 2.06 bits per heavy atom. The Balaban J connectivity index is 2.75. The molecule has 0 atom stereocenters. The highest BCUT2D eigenvalue weighted by Gasteiger charge is 2.19. The Bertz CT molecular complexity index is 326. The van der Waals surface area contributed by atoms with Crippen LogP contribution in [0.4, 0.5) is 0 Å². The molecule has 1 N–H and O–H groups in total. The number of hydrogen-bond donors (Lipinski definition) is 1. The van der Waals surface area contributed by atoms with Crippen molar-refractivity contribution in [3.63, 3.8) is 0 Å². The lowest BCUT2D eigenvalue weighted by Gasteiger charge is -2.28. The fraction of sp³-hybridized carbons (Fsp3) is 0.538. The van der Waals surface area contributed by atoms with Gasteiger partial charge in [-0.3, -0.25) is 0 Å². The van der Waals surface area contributed by atoms with E-state index in [-0.39, 0.29) is 5.54 Å². The van der Waals surface area contributed by atoms with E-state index in [0.29, 0.717) is 0 Å². The molecule has 0 amide bonds. The van der Waals surface area contributed by atoms with Crippen molar-refractivity contribution < 1.29 is 0 Å². The van der Waals surface area contributed by atoms with Gasteiger partial charge in [0, 0.05) is 27.7 Å². The minimum atomic E-state index is 0.155. The second-order valence-electron chi connectivity index (χ2n) is 4.32. The third-order valence-electron chi connectivity index (χ3n) is 3.31.